The van der Waals surface area contributed by atoms with Gasteiger partial charge in [0.1, 0.15) is 5.75 Å². The van der Waals surface area contributed by atoms with Crippen molar-refractivity contribution in [3.05, 3.63) is 107 Å². The molecule has 3 aromatic rings. The van der Waals surface area contributed by atoms with E-state index in [1.165, 1.54) is 0 Å². The number of fused-ring (bicyclic) bond motifs is 1. The summed E-state index contributed by atoms with van der Waals surface area (Å²) in [5.74, 6) is -0.656. The molecule has 190 valence electrons. The summed E-state index contributed by atoms with van der Waals surface area (Å²) in [5, 5.41) is 12.0. The molecule has 1 N–H and O–H groups in total. The maximum absolute atomic E-state index is 14.7. The number of aliphatic hydroxyl groups is 1. The Morgan fingerprint density at radius 1 is 0.892 bits per heavy atom. The standard InChI is InChI=1S/C33H34O4/c1-36-27-17-15-24(16-18-27)29-28-14-8-9-20-33(28,35)37-31(25-12-6-3-7-13-25)32(29)21-19-26(30(32)34)22-23-10-4-2-5-11-23/h2-7,10-13,15-18,22,28-29,31,35H,8-9,14,19-21H2,1H3/t28-,29+,31+,32+,33-/m0/s1. The third kappa shape index (κ3) is 4.03. The Hall–Kier alpha value is -3.21. The average Bonchev–Trinajstić information content (AvgIpc) is 3.25. The van der Waals surface area contributed by atoms with Gasteiger partial charge in [-0.2, -0.15) is 0 Å². The molecule has 0 bridgehead atoms. The van der Waals surface area contributed by atoms with Gasteiger partial charge in [0.05, 0.1) is 18.6 Å². The number of methoxy groups -OCH3 is 1. The lowest BCUT2D eigenvalue weighted by Crippen LogP contribution is -2.59. The van der Waals surface area contributed by atoms with Crippen molar-refractivity contribution >= 4 is 11.9 Å². The first-order valence-electron chi connectivity index (χ1n) is 13.4. The molecule has 0 unspecified atom stereocenters. The van der Waals surface area contributed by atoms with E-state index in [-0.39, 0.29) is 17.6 Å². The number of benzene rings is 3. The van der Waals surface area contributed by atoms with Crippen LogP contribution in [0, 0.1) is 11.3 Å². The minimum atomic E-state index is -1.26. The Morgan fingerprint density at radius 3 is 2.30 bits per heavy atom. The molecule has 1 heterocycles. The van der Waals surface area contributed by atoms with Gasteiger partial charge in [-0.3, -0.25) is 4.79 Å². The molecule has 1 spiro atoms. The van der Waals surface area contributed by atoms with Crippen LogP contribution in [0.25, 0.3) is 6.08 Å². The zero-order chi connectivity index (χ0) is 25.5. The Labute approximate surface area is 218 Å². The predicted molar refractivity (Wildman–Crippen MR) is 144 cm³/mol. The number of hydrogen-bond acceptors (Lipinski definition) is 4. The van der Waals surface area contributed by atoms with E-state index in [9.17, 15) is 9.90 Å². The van der Waals surface area contributed by atoms with Gasteiger partial charge in [0.15, 0.2) is 11.6 Å². The smallest absolute Gasteiger partial charge is 0.169 e. The van der Waals surface area contributed by atoms with Crippen LogP contribution in [0.2, 0.25) is 0 Å². The maximum Gasteiger partial charge on any atom is 0.169 e. The van der Waals surface area contributed by atoms with Crippen molar-refractivity contribution in [2.45, 2.75) is 56.3 Å². The Bertz CT molecular complexity index is 1280. The van der Waals surface area contributed by atoms with Gasteiger partial charge in [-0.25, -0.2) is 0 Å². The van der Waals surface area contributed by atoms with Crippen LogP contribution in [-0.2, 0) is 9.53 Å². The van der Waals surface area contributed by atoms with Crippen LogP contribution in [0.3, 0.4) is 0 Å². The number of ketones is 1. The first kappa shape index (κ1) is 24.1. The van der Waals surface area contributed by atoms with Crippen molar-refractivity contribution in [1.29, 1.82) is 0 Å². The summed E-state index contributed by atoms with van der Waals surface area (Å²) in [6, 6.07) is 28.2. The van der Waals surface area contributed by atoms with Crippen LogP contribution in [0.4, 0.5) is 0 Å². The van der Waals surface area contributed by atoms with Crippen LogP contribution < -0.4 is 4.74 Å². The zero-order valence-electron chi connectivity index (χ0n) is 21.3. The van der Waals surface area contributed by atoms with E-state index in [0.717, 1.165) is 47.3 Å². The van der Waals surface area contributed by atoms with Gasteiger partial charge in [-0.15, -0.1) is 0 Å². The molecule has 0 aromatic heterocycles. The van der Waals surface area contributed by atoms with Crippen LogP contribution >= 0.6 is 0 Å². The summed E-state index contributed by atoms with van der Waals surface area (Å²) in [6.07, 6.45) is 6.26. The van der Waals surface area contributed by atoms with Gasteiger partial charge in [0, 0.05) is 18.3 Å². The van der Waals surface area contributed by atoms with Crippen molar-refractivity contribution in [3.63, 3.8) is 0 Å². The summed E-state index contributed by atoms with van der Waals surface area (Å²) in [5.41, 5.74) is 3.10. The molecule has 3 aromatic carbocycles. The third-order valence-electron chi connectivity index (χ3n) is 8.87. The molecule has 1 aliphatic heterocycles. The molecule has 3 aliphatic rings. The first-order chi connectivity index (χ1) is 18.0. The number of allylic oxidation sites excluding steroid dienone is 1. The monoisotopic (exact) mass is 494 g/mol. The van der Waals surface area contributed by atoms with E-state index in [4.69, 9.17) is 9.47 Å². The summed E-state index contributed by atoms with van der Waals surface area (Å²) in [4.78, 5) is 14.7. The molecule has 5 atom stereocenters. The minimum absolute atomic E-state index is 0.152. The van der Waals surface area contributed by atoms with Crippen LogP contribution in [0.5, 0.6) is 5.75 Å². The minimum Gasteiger partial charge on any atom is -0.497 e. The quantitative estimate of drug-likeness (QED) is 0.403. The highest BCUT2D eigenvalue weighted by Crippen LogP contribution is 2.67. The fourth-order valence-electron chi connectivity index (χ4n) is 7.20. The molecule has 1 saturated heterocycles. The van der Waals surface area contributed by atoms with Gasteiger partial charge in [0.2, 0.25) is 0 Å². The second kappa shape index (κ2) is 9.59. The second-order valence-electron chi connectivity index (χ2n) is 10.8. The van der Waals surface area contributed by atoms with E-state index in [0.29, 0.717) is 19.3 Å². The van der Waals surface area contributed by atoms with E-state index < -0.39 is 17.3 Å². The van der Waals surface area contributed by atoms with Crippen LogP contribution in [-0.4, -0.2) is 23.8 Å². The number of ether oxygens (including phenoxy) is 2. The van der Waals surface area contributed by atoms with E-state index in [1.807, 2.05) is 78.9 Å². The number of hydrogen-bond donors (Lipinski definition) is 1. The molecule has 0 radical (unpaired) electrons. The fourth-order valence-corrected chi connectivity index (χ4v) is 7.20. The summed E-state index contributed by atoms with van der Waals surface area (Å²) in [6.45, 7) is 0. The first-order valence-corrected chi connectivity index (χ1v) is 13.4. The Kier molecular flexibility index (Phi) is 6.26. The summed E-state index contributed by atoms with van der Waals surface area (Å²) < 4.78 is 12.2. The molecule has 0 amide bonds. The molecule has 4 heteroatoms. The average molecular weight is 495 g/mol. The zero-order valence-corrected chi connectivity index (χ0v) is 21.3. The van der Waals surface area contributed by atoms with Crippen molar-refractivity contribution in [1.82, 2.24) is 0 Å². The van der Waals surface area contributed by atoms with Gasteiger partial charge in [-0.1, -0.05) is 79.2 Å². The number of rotatable bonds is 4. The molecule has 2 aliphatic carbocycles. The highest BCUT2D eigenvalue weighted by Gasteiger charge is 2.66. The molecule has 37 heavy (non-hydrogen) atoms. The molecule has 6 rings (SSSR count). The third-order valence-corrected chi connectivity index (χ3v) is 8.87. The second-order valence-corrected chi connectivity index (χ2v) is 10.8. The van der Waals surface area contributed by atoms with Crippen molar-refractivity contribution in [2.75, 3.05) is 7.11 Å². The molecular weight excluding hydrogens is 460 g/mol. The van der Waals surface area contributed by atoms with Crippen molar-refractivity contribution in [3.8, 4) is 5.75 Å². The lowest BCUT2D eigenvalue weighted by molar-refractivity contribution is -0.330. The molecular formula is C33H34O4. The number of Topliss-reactive ketones (excluding diaryl/α,β-unsaturated/α-hetero) is 1. The molecule has 3 fully saturated rings. The summed E-state index contributed by atoms with van der Waals surface area (Å²) >= 11 is 0. The van der Waals surface area contributed by atoms with Crippen molar-refractivity contribution < 1.29 is 19.4 Å². The van der Waals surface area contributed by atoms with Crippen LogP contribution in [0.15, 0.2) is 90.5 Å². The van der Waals surface area contributed by atoms with E-state index in [1.54, 1.807) is 7.11 Å². The largest absolute Gasteiger partial charge is 0.497 e. The Morgan fingerprint density at radius 2 is 1.59 bits per heavy atom. The van der Waals surface area contributed by atoms with Crippen LogP contribution in [0.1, 0.15) is 67.2 Å². The van der Waals surface area contributed by atoms with E-state index in [2.05, 4.69) is 12.1 Å². The Balaban J connectivity index is 1.55. The lowest BCUT2D eigenvalue weighted by atomic mass is 9.55. The van der Waals surface area contributed by atoms with Gasteiger partial charge >= 0.3 is 0 Å². The fraction of sp³-hybridized carbons (Fsp3) is 0.364. The highest BCUT2D eigenvalue weighted by atomic mass is 16.6. The van der Waals surface area contributed by atoms with Gasteiger partial charge < -0.3 is 14.6 Å². The number of carbonyl (C=O) groups excluding carboxylic acids is 1. The number of carbonyl (C=O) groups is 1. The SMILES string of the molecule is COc1ccc([C@@H]2[C@@H]3CCCC[C@]3(O)O[C@H](c3ccccc3)[C@]23CCC(=Cc2ccccc2)C3=O)cc1. The summed E-state index contributed by atoms with van der Waals surface area (Å²) in [7, 11) is 1.66. The highest BCUT2D eigenvalue weighted by molar-refractivity contribution is 6.07. The molecule has 4 nitrogen and oxygen atoms in total. The van der Waals surface area contributed by atoms with Crippen molar-refractivity contribution in [2.24, 2.45) is 11.3 Å². The molecule has 2 saturated carbocycles. The predicted octanol–water partition coefficient (Wildman–Crippen LogP) is 6.86. The topological polar surface area (TPSA) is 55.8 Å². The maximum atomic E-state index is 14.7. The van der Waals surface area contributed by atoms with E-state index >= 15 is 0 Å². The van der Waals surface area contributed by atoms with Gasteiger partial charge in [0.25, 0.3) is 0 Å². The normalized spacial score (nSPS) is 32.4. The van der Waals surface area contributed by atoms with Gasteiger partial charge in [-0.05, 0) is 66.2 Å². The lowest BCUT2D eigenvalue weighted by Gasteiger charge is -2.58.